The summed E-state index contributed by atoms with van der Waals surface area (Å²) in [6.45, 7) is 8.51. The zero-order valence-electron chi connectivity index (χ0n) is 10.2. The van der Waals surface area contributed by atoms with E-state index in [4.69, 9.17) is 0 Å². The molecule has 0 bridgehead atoms. The lowest BCUT2D eigenvalue weighted by atomic mass is 9.94. The first-order chi connectivity index (χ1) is 7.83. The van der Waals surface area contributed by atoms with Crippen molar-refractivity contribution in [3.8, 4) is 0 Å². The fraction of sp³-hybridized carbons (Fsp3) is 0.467. The van der Waals surface area contributed by atoms with E-state index < -0.39 is 0 Å². The fourth-order valence-corrected chi connectivity index (χ4v) is 2.42. The Hall–Kier alpha value is -1.24. The molecule has 0 saturated carbocycles. The van der Waals surface area contributed by atoms with Crippen LogP contribution in [0.3, 0.4) is 0 Å². The maximum absolute atomic E-state index is 3.78. The summed E-state index contributed by atoms with van der Waals surface area (Å²) in [7, 11) is 0. The van der Waals surface area contributed by atoms with Crippen molar-refractivity contribution >= 4 is 11.8 Å². The monoisotopic (exact) mass is 215 g/mol. The molecule has 0 aromatic heterocycles. The maximum Gasteiger partial charge on any atom is 0.0366 e. The molecule has 1 fully saturated rings. The van der Waals surface area contributed by atoms with Crippen LogP contribution in [0.1, 0.15) is 31.7 Å². The third-order valence-corrected chi connectivity index (χ3v) is 3.69. The third kappa shape index (κ3) is 2.46. The van der Waals surface area contributed by atoms with E-state index in [2.05, 4.69) is 42.7 Å². The lowest BCUT2D eigenvalue weighted by Gasteiger charge is -2.33. The second kappa shape index (κ2) is 5.20. The molecule has 1 aromatic carbocycles. The predicted molar refractivity (Wildman–Crippen MR) is 71.8 cm³/mol. The number of hydrogen-bond donors (Lipinski definition) is 0. The molecular weight excluding hydrogens is 194 g/mol. The van der Waals surface area contributed by atoms with Gasteiger partial charge in [-0.1, -0.05) is 38.1 Å². The highest BCUT2D eigenvalue weighted by Crippen LogP contribution is 2.25. The van der Waals surface area contributed by atoms with E-state index in [1.807, 2.05) is 6.08 Å². The van der Waals surface area contributed by atoms with Gasteiger partial charge in [0.25, 0.3) is 0 Å². The quantitative estimate of drug-likeness (QED) is 0.737. The van der Waals surface area contributed by atoms with Crippen molar-refractivity contribution in [1.29, 1.82) is 0 Å². The Labute approximate surface area is 98.8 Å². The van der Waals surface area contributed by atoms with E-state index in [9.17, 15) is 0 Å². The molecule has 0 unspecified atom stereocenters. The first-order valence-corrected chi connectivity index (χ1v) is 6.31. The van der Waals surface area contributed by atoms with Crippen LogP contribution in [-0.4, -0.2) is 13.1 Å². The molecule has 1 nitrogen and oxygen atoms in total. The molecule has 1 saturated heterocycles. The van der Waals surface area contributed by atoms with Gasteiger partial charge in [-0.25, -0.2) is 0 Å². The lowest BCUT2D eigenvalue weighted by molar-refractivity contribution is 0.395. The molecule has 0 aliphatic carbocycles. The van der Waals surface area contributed by atoms with Gasteiger partial charge < -0.3 is 4.90 Å². The summed E-state index contributed by atoms with van der Waals surface area (Å²) in [6, 6.07) is 8.72. The Morgan fingerprint density at radius 1 is 1.25 bits per heavy atom. The Kier molecular flexibility index (Phi) is 3.66. The summed E-state index contributed by atoms with van der Waals surface area (Å²) < 4.78 is 0. The number of piperidine rings is 1. The van der Waals surface area contributed by atoms with Gasteiger partial charge in [0.1, 0.15) is 0 Å². The predicted octanol–water partition coefficient (Wildman–Crippen LogP) is 3.96. The van der Waals surface area contributed by atoms with Gasteiger partial charge in [-0.15, -0.1) is 0 Å². The zero-order chi connectivity index (χ0) is 11.4. The standard InChI is InChI=1S/C15H21N/c1-3-13-5-7-15(8-6-13)16-11-9-14(4-2)10-12-16/h3,5-8,14H,1,4,9-12H2,2H3. The summed E-state index contributed by atoms with van der Waals surface area (Å²) in [4.78, 5) is 2.50. The molecule has 86 valence electrons. The smallest absolute Gasteiger partial charge is 0.0366 e. The zero-order valence-corrected chi connectivity index (χ0v) is 10.2. The van der Waals surface area contributed by atoms with Crippen LogP contribution in [0, 0.1) is 5.92 Å². The molecule has 0 spiro atoms. The summed E-state index contributed by atoms with van der Waals surface area (Å²) in [5, 5.41) is 0. The SMILES string of the molecule is C=Cc1ccc(N2CCC(CC)CC2)cc1. The Morgan fingerprint density at radius 3 is 2.38 bits per heavy atom. The van der Waals surface area contributed by atoms with Gasteiger partial charge in [-0.3, -0.25) is 0 Å². The fourth-order valence-electron chi connectivity index (χ4n) is 2.42. The van der Waals surface area contributed by atoms with Crippen molar-refractivity contribution in [3.63, 3.8) is 0 Å². The number of rotatable bonds is 3. The number of hydrogen-bond acceptors (Lipinski definition) is 1. The summed E-state index contributed by atoms with van der Waals surface area (Å²) in [5.74, 6) is 0.948. The van der Waals surface area contributed by atoms with Crippen molar-refractivity contribution in [2.45, 2.75) is 26.2 Å². The van der Waals surface area contributed by atoms with Crippen LogP contribution in [0.4, 0.5) is 5.69 Å². The highest BCUT2D eigenvalue weighted by atomic mass is 15.1. The molecule has 0 amide bonds. The van der Waals surface area contributed by atoms with E-state index in [1.54, 1.807) is 0 Å². The van der Waals surface area contributed by atoms with Crippen LogP contribution < -0.4 is 4.90 Å². The minimum absolute atomic E-state index is 0.948. The molecule has 0 radical (unpaired) electrons. The Balaban J connectivity index is 1.99. The third-order valence-electron chi connectivity index (χ3n) is 3.69. The average Bonchev–Trinajstić information content (AvgIpc) is 2.39. The van der Waals surface area contributed by atoms with E-state index in [-0.39, 0.29) is 0 Å². The number of anilines is 1. The van der Waals surface area contributed by atoms with Gasteiger partial charge in [0.2, 0.25) is 0 Å². The summed E-state index contributed by atoms with van der Waals surface area (Å²) >= 11 is 0. The van der Waals surface area contributed by atoms with Crippen LogP contribution in [0.15, 0.2) is 30.8 Å². The van der Waals surface area contributed by atoms with Gasteiger partial charge in [-0.2, -0.15) is 0 Å². The first kappa shape index (κ1) is 11.3. The molecular formula is C15H21N. The van der Waals surface area contributed by atoms with Crippen LogP contribution in [0.5, 0.6) is 0 Å². The molecule has 0 atom stereocenters. The van der Waals surface area contributed by atoms with E-state index >= 15 is 0 Å². The first-order valence-electron chi connectivity index (χ1n) is 6.31. The molecule has 2 rings (SSSR count). The lowest BCUT2D eigenvalue weighted by Crippen LogP contribution is -2.33. The molecule has 16 heavy (non-hydrogen) atoms. The van der Waals surface area contributed by atoms with E-state index in [0.29, 0.717) is 0 Å². The van der Waals surface area contributed by atoms with Crippen molar-refractivity contribution in [2.24, 2.45) is 5.92 Å². The van der Waals surface area contributed by atoms with Gasteiger partial charge in [0.05, 0.1) is 0 Å². The summed E-state index contributed by atoms with van der Waals surface area (Å²) in [6.07, 6.45) is 5.93. The van der Waals surface area contributed by atoms with Gasteiger partial charge >= 0.3 is 0 Å². The Bertz CT molecular complexity index is 331. The largest absolute Gasteiger partial charge is 0.372 e. The highest BCUT2D eigenvalue weighted by molar-refractivity contribution is 5.54. The van der Waals surface area contributed by atoms with Gasteiger partial charge in [0.15, 0.2) is 0 Å². The molecule has 1 heterocycles. The van der Waals surface area contributed by atoms with Crippen LogP contribution in [0.25, 0.3) is 6.08 Å². The van der Waals surface area contributed by atoms with E-state index in [1.165, 1.54) is 43.6 Å². The molecule has 1 aliphatic rings. The van der Waals surface area contributed by atoms with Crippen molar-refractivity contribution < 1.29 is 0 Å². The number of benzene rings is 1. The molecule has 0 N–H and O–H groups in total. The molecule has 1 aromatic rings. The minimum Gasteiger partial charge on any atom is -0.372 e. The maximum atomic E-state index is 3.78. The normalized spacial score (nSPS) is 17.4. The van der Waals surface area contributed by atoms with Gasteiger partial charge in [0, 0.05) is 18.8 Å². The average molecular weight is 215 g/mol. The minimum atomic E-state index is 0.948. The van der Waals surface area contributed by atoms with Gasteiger partial charge in [-0.05, 0) is 36.5 Å². The van der Waals surface area contributed by atoms with Crippen LogP contribution in [0.2, 0.25) is 0 Å². The second-order valence-electron chi connectivity index (χ2n) is 4.63. The van der Waals surface area contributed by atoms with Crippen LogP contribution >= 0.6 is 0 Å². The van der Waals surface area contributed by atoms with Crippen LogP contribution in [-0.2, 0) is 0 Å². The highest BCUT2D eigenvalue weighted by Gasteiger charge is 2.17. The molecule has 1 aliphatic heterocycles. The Morgan fingerprint density at radius 2 is 1.88 bits per heavy atom. The van der Waals surface area contributed by atoms with Crippen molar-refractivity contribution in [2.75, 3.05) is 18.0 Å². The number of nitrogens with zero attached hydrogens (tertiary/aromatic N) is 1. The van der Waals surface area contributed by atoms with E-state index in [0.717, 1.165) is 5.92 Å². The van der Waals surface area contributed by atoms with Crippen molar-refractivity contribution in [1.82, 2.24) is 0 Å². The summed E-state index contributed by atoms with van der Waals surface area (Å²) in [5.41, 5.74) is 2.56. The second-order valence-corrected chi connectivity index (χ2v) is 4.63. The molecule has 1 heteroatoms. The van der Waals surface area contributed by atoms with Crippen molar-refractivity contribution in [3.05, 3.63) is 36.4 Å². The topological polar surface area (TPSA) is 3.24 Å².